The molecule has 0 atom stereocenters. The Morgan fingerprint density at radius 3 is 2.67 bits per heavy atom. The molecule has 0 aliphatic rings. The first-order valence-corrected chi connectivity index (χ1v) is 5.41. The van der Waals surface area contributed by atoms with Crippen LogP contribution in [0.4, 0.5) is 0 Å². The fourth-order valence-electron chi connectivity index (χ4n) is 1.36. The maximum Gasteiger partial charge on any atom is 0.141 e. The zero-order chi connectivity index (χ0) is 11.3. The van der Waals surface area contributed by atoms with Gasteiger partial charge in [0.15, 0.2) is 0 Å². The molecule has 1 rings (SSSR count). The maximum atomic E-state index is 5.07. The lowest BCUT2D eigenvalue weighted by Gasteiger charge is -2.03. The molecule has 3 nitrogen and oxygen atoms in total. The topological polar surface area (TPSA) is 38.1 Å². The fourth-order valence-corrected chi connectivity index (χ4v) is 1.36. The third-order valence-electron chi connectivity index (χ3n) is 2.19. The fraction of sp³-hybridized carbons (Fsp3) is 0.583. The van der Waals surface area contributed by atoms with Crippen LogP contribution in [0.5, 0.6) is 0 Å². The number of hydrogen-bond donors (Lipinski definition) is 1. The van der Waals surface area contributed by atoms with Gasteiger partial charge in [-0.2, -0.15) is 0 Å². The van der Waals surface area contributed by atoms with Crippen LogP contribution in [0, 0.1) is 19.8 Å². The molecular weight excluding hydrogens is 188 g/mol. The molecule has 0 amide bonds. The van der Waals surface area contributed by atoms with Crippen LogP contribution in [0.2, 0.25) is 0 Å². The van der Waals surface area contributed by atoms with E-state index < -0.39 is 0 Å². The van der Waals surface area contributed by atoms with Crippen molar-refractivity contribution in [3.05, 3.63) is 23.1 Å². The van der Waals surface area contributed by atoms with Crippen molar-refractivity contribution in [3.63, 3.8) is 0 Å². The zero-order valence-corrected chi connectivity index (χ0v) is 10.0. The van der Waals surface area contributed by atoms with Crippen molar-refractivity contribution < 1.29 is 4.52 Å². The lowest BCUT2D eigenvalue weighted by molar-refractivity contribution is 0.393. The summed E-state index contributed by atoms with van der Waals surface area (Å²) in [6, 6.07) is 0. The third-order valence-corrected chi connectivity index (χ3v) is 2.19. The maximum absolute atomic E-state index is 5.07. The van der Waals surface area contributed by atoms with Gasteiger partial charge >= 0.3 is 0 Å². The Bertz CT molecular complexity index is 307. The number of aromatic nitrogens is 1. The highest BCUT2D eigenvalue weighted by Gasteiger charge is 2.03. The van der Waals surface area contributed by atoms with Crippen molar-refractivity contribution >= 4 is 6.08 Å². The van der Waals surface area contributed by atoms with Crippen LogP contribution >= 0.6 is 0 Å². The van der Waals surface area contributed by atoms with Gasteiger partial charge in [-0.25, -0.2) is 0 Å². The number of rotatable bonds is 5. The lowest BCUT2D eigenvalue weighted by Crippen LogP contribution is -2.19. The summed E-state index contributed by atoms with van der Waals surface area (Å²) in [6.45, 7) is 10.2. The Balaban J connectivity index is 2.38. The molecule has 1 aromatic rings. The SMILES string of the molecule is Cc1noc(C)c1C=CCNCC(C)C. The van der Waals surface area contributed by atoms with Crippen LogP contribution in [0.25, 0.3) is 6.08 Å². The van der Waals surface area contributed by atoms with E-state index in [1.165, 1.54) is 0 Å². The first-order chi connectivity index (χ1) is 7.11. The molecule has 3 heteroatoms. The third kappa shape index (κ3) is 3.88. The van der Waals surface area contributed by atoms with Gasteiger partial charge in [0.2, 0.25) is 0 Å². The Labute approximate surface area is 91.5 Å². The van der Waals surface area contributed by atoms with Gasteiger partial charge in [-0.1, -0.05) is 31.2 Å². The minimum Gasteiger partial charge on any atom is -0.361 e. The smallest absolute Gasteiger partial charge is 0.141 e. The van der Waals surface area contributed by atoms with Crippen molar-refractivity contribution in [2.75, 3.05) is 13.1 Å². The molecule has 0 saturated heterocycles. The molecule has 0 spiro atoms. The van der Waals surface area contributed by atoms with Gasteiger partial charge in [0.25, 0.3) is 0 Å². The molecule has 1 aromatic heterocycles. The summed E-state index contributed by atoms with van der Waals surface area (Å²) in [5.41, 5.74) is 2.05. The van der Waals surface area contributed by atoms with E-state index in [9.17, 15) is 0 Å². The highest BCUT2D eigenvalue weighted by atomic mass is 16.5. The average molecular weight is 208 g/mol. The van der Waals surface area contributed by atoms with Crippen molar-refractivity contribution in [3.8, 4) is 0 Å². The average Bonchev–Trinajstić information content (AvgIpc) is 2.47. The van der Waals surface area contributed by atoms with Crippen LogP contribution in [-0.2, 0) is 0 Å². The van der Waals surface area contributed by atoms with E-state index in [2.05, 4.69) is 36.5 Å². The van der Waals surface area contributed by atoms with Gasteiger partial charge < -0.3 is 9.84 Å². The number of aryl methyl sites for hydroxylation is 2. The second kappa shape index (κ2) is 5.71. The summed E-state index contributed by atoms with van der Waals surface area (Å²) in [7, 11) is 0. The largest absolute Gasteiger partial charge is 0.361 e. The summed E-state index contributed by atoms with van der Waals surface area (Å²) in [5, 5.41) is 7.24. The molecule has 15 heavy (non-hydrogen) atoms. The standard InChI is InChI=1S/C12H20N2O/c1-9(2)8-13-7-5-6-12-10(3)14-15-11(12)4/h5-6,9,13H,7-8H2,1-4H3. The normalized spacial score (nSPS) is 11.8. The molecule has 0 aliphatic carbocycles. The Morgan fingerprint density at radius 1 is 1.40 bits per heavy atom. The Kier molecular flexibility index (Phi) is 4.56. The van der Waals surface area contributed by atoms with Crippen molar-refractivity contribution in [2.45, 2.75) is 27.7 Å². The van der Waals surface area contributed by atoms with Crippen LogP contribution in [0.15, 0.2) is 10.6 Å². The summed E-state index contributed by atoms with van der Waals surface area (Å²) in [4.78, 5) is 0. The predicted molar refractivity (Wildman–Crippen MR) is 62.7 cm³/mol. The molecule has 84 valence electrons. The molecule has 0 fully saturated rings. The summed E-state index contributed by atoms with van der Waals surface area (Å²) in [5.74, 6) is 1.57. The highest BCUT2D eigenvalue weighted by Crippen LogP contribution is 2.13. The van der Waals surface area contributed by atoms with E-state index >= 15 is 0 Å². The lowest BCUT2D eigenvalue weighted by atomic mass is 10.2. The molecule has 1 heterocycles. The molecule has 0 saturated carbocycles. The monoisotopic (exact) mass is 208 g/mol. The van der Waals surface area contributed by atoms with Gasteiger partial charge in [0.05, 0.1) is 5.69 Å². The van der Waals surface area contributed by atoms with Crippen molar-refractivity contribution in [2.24, 2.45) is 5.92 Å². The van der Waals surface area contributed by atoms with Crippen LogP contribution in [-0.4, -0.2) is 18.2 Å². The van der Waals surface area contributed by atoms with E-state index in [1.54, 1.807) is 0 Å². The highest BCUT2D eigenvalue weighted by molar-refractivity contribution is 5.53. The quantitative estimate of drug-likeness (QED) is 0.756. The van der Waals surface area contributed by atoms with E-state index in [0.29, 0.717) is 5.92 Å². The van der Waals surface area contributed by atoms with E-state index in [0.717, 1.165) is 30.1 Å². The van der Waals surface area contributed by atoms with Gasteiger partial charge in [-0.3, -0.25) is 0 Å². The zero-order valence-electron chi connectivity index (χ0n) is 10.0. The van der Waals surface area contributed by atoms with Gasteiger partial charge in [-0.05, 0) is 26.3 Å². The molecule has 0 aromatic carbocycles. The molecule has 0 bridgehead atoms. The number of nitrogens with zero attached hydrogens (tertiary/aromatic N) is 1. The van der Waals surface area contributed by atoms with Gasteiger partial charge in [0.1, 0.15) is 5.76 Å². The second-order valence-corrected chi connectivity index (χ2v) is 4.19. The predicted octanol–water partition coefficient (Wildman–Crippen LogP) is 2.55. The van der Waals surface area contributed by atoms with E-state index in [1.807, 2.05) is 13.8 Å². The summed E-state index contributed by atoms with van der Waals surface area (Å²) in [6.07, 6.45) is 4.17. The molecular formula is C12H20N2O. The first kappa shape index (κ1) is 12.0. The van der Waals surface area contributed by atoms with Gasteiger partial charge in [-0.15, -0.1) is 0 Å². The molecule has 0 aliphatic heterocycles. The molecule has 1 N–H and O–H groups in total. The van der Waals surface area contributed by atoms with E-state index in [-0.39, 0.29) is 0 Å². The Morgan fingerprint density at radius 2 is 2.13 bits per heavy atom. The molecule has 0 radical (unpaired) electrons. The summed E-state index contributed by atoms with van der Waals surface area (Å²) >= 11 is 0. The van der Waals surface area contributed by atoms with Crippen molar-refractivity contribution in [1.82, 2.24) is 10.5 Å². The van der Waals surface area contributed by atoms with Crippen LogP contribution in [0.3, 0.4) is 0 Å². The number of nitrogens with one attached hydrogen (secondary N) is 1. The minimum atomic E-state index is 0.692. The number of hydrogen-bond acceptors (Lipinski definition) is 3. The molecule has 0 unspecified atom stereocenters. The van der Waals surface area contributed by atoms with Crippen LogP contribution in [0.1, 0.15) is 30.9 Å². The van der Waals surface area contributed by atoms with Gasteiger partial charge in [0, 0.05) is 12.1 Å². The Hall–Kier alpha value is -1.09. The van der Waals surface area contributed by atoms with E-state index in [4.69, 9.17) is 4.52 Å². The van der Waals surface area contributed by atoms with Crippen LogP contribution < -0.4 is 5.32 Å². The second-order valence-electron chi connectivity index (χ2n) is 4.19. The van der Waals surface area contributed by atoms with Crippen molar-refractivity contribution in [1.29, 1.82) is 0 Å². The summed E-state index contributed by atoms with van der Waals surface area (Å²) < 4.78 is 5.07. The minimum absolute atomic E-state index is 0.692. The first-order valence-electron chi connectivity index (χ1n) is 5.41.